The summed E-state index contributed by atoms with van der Waals surface area (Å²) in [6.45, 7) is 4.77. The van der Waals surface area contributed by atoms with Crippen LogP contribution in [0.15, 0.2) is 0 Å². The Morgan fingerprint density at radius 2 is 2.31 bits per heavy atom. The van der Waals surface area contributed by atoms with Gasteiger partial charge in [-0.05, 0) is 33.4 Å². The first-order valence-corrected chi connectivity index (χ1v) is 5.29. The quantitative estimate of drug-likeness (QED) is 0.669. The van der Waals surface area contributed by atoms with E-state index in [4.69, 9.17) is 5.11 Å². The summed E-state index contributed by atoms with van der Waals surface area (Å²) in [4.78, 5) is 2.42. The fourth-order valence-corrected chi connectivity index (χ4v) is 1.86. The van der Waals surface area contributed by atoms with Crippen LogP contribution in [0.5, 0.6) is 0 Å². The molecule has 3 heteroatoms. The number of nitrogens with one attached hydrogen (secondary N) is 1. The Morgan fingerprint density at radius 1 is 1.54 bits per heavy atom. The first-order valence-electron chi connectivity index (χ1n) is 5.29. The second kappa shape index (κ2) is 5.58. The Kier molecular flexibility index (Phi) is 4.70. The molecule has 0 saturated carbocycles. The normalized spacial score (nSPS) is 27.5. The average Bonchev–Trinajstić information content (AvgIpc) is 2.08. The van der Waals surface area contributed by atoms with Gasteiger partial charge in [0.1, 0.15) is 0 Å². The van der Waals surface area contributed by atoms with E-state index in [1.807, 2.05) is 6.92 Å². The molecule has 0 aliphatic carbocycles. The molecule has 78 valence electrons. The average molecular weight is 186 g/mol. The minimum Gasteiger partial charge on any atom is -0.392 e. The minimum absolute atomic E-state index is 0.228. The van der Waals surface area contributed by atoms with Gasteiger partial charge in [0, 0.05) is 19.1 Å². The fraction of sp³-hybridized carbons (Fsp3) is 1.00. The van der Waals surface area contributed by atoms with Crippen LogP contribution in [-0.2, 0) is 0 Å². The number of aliphatic hydroxyl groups excluding tert-OH is 1. The molecule has 0 aromatic rings. The summed E-state index contributed by atoms with van der Waals surface area (Å²) < 4.78 is 0. The summed E-state index contributed by atoms with van der Waals surface area (Å²) in [6.07, 6.45) is 3.76. The maximum absolute atomic E-state index is 9.07. The van der Waals surface area contributed by atoms with Gasteiger partial charge in [0.15, 0.2) is 0 Å². The van der Waals surface area contributed by atoms with Gasteiger partial charge in [-0.15, -0.1) is 0 Å². The van der Waals surface area contributed by atoms with Gasteiger partial charge in [0.25, 0.3) is 0 Å². The third-order valence-electron chi connectivity index (χ3n) is 2.74. The van der Waals surface area contributed by atoms with E-state index in [0.29, 0.717) is 12.6 Å². The van der Waals surface area contributed by atoms with Gasteiger partial charge in [-0.2, -0.15) is 0 Å². The molecule has 0 aromatic heterocycles. The number of likely N-dealkylation sites (tertiary alicyclic amines) is 1. The van der Waals surface area contributed by atoms with Gasteiger partial charge in [0.2, 0.25) is 0 Å². The standard InChI is InChI=1S/C10H22N2O/c1-9(13)7-11-8-10-5-3-4-6-12(10)2/h9-11,13H,3-8H2,1-2H3/t9-,10?/m0/s1. The molecule has 1 fully saturated rings. The van der Waals surface area contributed by atoms with Crippen LogP contribution >= 0.6 is 0 Å². The lowest BCUT2D eigenvalue weighted by molar-refractivity contribution is 0.162. The van der Waals surface area contributed by atoms with Gasteiger partial charge >= 0.3 is 0 Å². The molecule has 0 amide bonds. The van der Waals surface area contributed by atoms with E-state index in [9.17, 15) is 0 Å². The molecular formula is C10H22N2O. The van der Waals surface area contributed by atoms with Crippen LogP contribution < -0.4 is 5.32 Å². The molecule has 1 aliphatic heterocycles. The minimum atomic E-state index is -0.228. The molecule has 1 aliphatic rings. The number of rotatable bonds is 4. The van der Waals surface area contributed by atoms with Crippen LogP contribution in [0.3, 0.4) is 0 Å². The number of piperidine rings is 1. The van der Waals surface area contributed by atoms with E-state index in [-0.39, 0.29) is 6.10 Å². The molecule has 0 bridgehead atoms. The maximum Gasteiger partial charge on any atom is 0.0636 e. The highest BCUT2D eigenvalue weighted by atomic mass is 16.3. The van der Waals surface area contributed by atoms with E-state index in [0.717, 1.165) is 6.54 Å². The lowest BCUT2D eigenvalue weighted by Gasteiger charge is -2.32. The second-order valence-corrected chi connectivity index (χ2v) is 4.14. The van der Waals surface area contributed by atoms with Crippen LogP contribution in [0.1, 0.15) is 26.2 Å². The molecule has 13 heavy (non-hydrogen) atoms. The molecule has 3 nitrogen and oxygen atoms in total. The third kappa shape index (κ3) is 4.07. The molecule has 0 spiro atoms. The Bertz CT molecular complexity index is 139. The zero-order valence-corrected chi connectivity index (χ0v) is 8.79. The lowest BCUT2D eigenvalue weighted by atomic mass is 10.0. The molecule has 1 unspecified atom stereocenters. The van der Waals surface area contributed by atoms with Crippen LogP contribution in [0.4, 0.5) is 0 Å². The van der Waals surface area contributed by atoms with Crippen molar-refractivity contribution in [2.24, 2.45) is 0 Å². The monoisotopic (exact) mass is 186 g/mol. The summed E-state index contributed by atoms with van der Waals surface area (Å²) >= 11 is 0. The number of aliphatic hydroxyl groups is 1. The Labute approximate surface area is 81.1 Å². The highest BCUT2D eigenvalue weighted by Crippen LogP contribution is 2.13. The largest absolute Gasteiger partial charge is 0.392 e. The summed E-state index contributed by atoms with van der Waals surface area (Å²) in [5.41, 5.74) is 0. The van der Waals surface area contributed by atoms with Crippen molar-refractivity contribution in [3.63, 3.8) is 0 Å². The molecular weight excluding hydrogens is 164 g/mol. The molecule has 0 radical (unpaired) electrons. The molecule has 1 rings (SSSR count). The summed E-state index contributed by atoms with van der Waals surface area (Å²) in [5.74, 6) is 0. The van der Waals surface area contributed by atoms with E-state index >= 15 is 0 Å². The Balaban J connectivity index is 2.11. The van der Waals surface area contributed by atoms with Gasteiger partial charge in [-0.3, -0.25) is 0 Å². The van der Waals surface area contributed by atoms with Crippen molar-refractivity contribution in [2.45, 2.75) is 38.3 Å². The summed E-state index contributed by atoms with van der Waals surface area (Å²) in [6, 6.07) is 0.674. The Morgan fingerprint density at radius 3 is 2.92 bits per heavy atom. The molecule has 0 aromatic carbocycles. The second-order valence-electron chi connectivity index (χ2n) is 4.14. The first kappa shape index (κ1) is 11.0. The van der Waals surface area contributed by atoms with Crippen LogP contribution in [0.2, 0.25) is 0 Å². The van der Waals surface area contributed by atoms with Crippen molar-refractivity contribution in [1.29, 1.82) is 0 Å². The number of hydrogen-bond donors (Lipinski definition) is 2. The number of hydrogen-bond acceptors (Lipinski definition) is 3. The maximum atomic E-state index is 9.07. The number of nitrogens with zero attached hydrogens (tertiary/aromatic N) is 1. The van der Waals surface area contributed by atoms with Gasteiger partial charge in [-0.1, -0.05) is 6.42 Å². The third-order valence-corrected chi connectivity index (χ3v) is 2.74. The molecule has 1 saturated heterocycles. The zero-order chi connectivity index (χ0) is 9.68. The summed E-state index contributed by atoms with van der Waals surface area (Å²) in [7, 11) is 2.19. The molecule has 1 heterocycles. The number of likely N-dealkylation sites (N-methyl/N-ethyl adjacent to an activating group) is 1. The lowest BCUT2D eigenvalue weighted by Crippen LogP contribution is -2.44. The molecule has 2 atom stereocenters. The van der Waals surface area contributed by atoms with Crippen molar-refractivity contribution in [3.8, 4) is 0 Å². The van der Waals surface area contributed by atoms with Gasteiger partial charge < -0.3 is 15.3 Å². The van der Waals surface area contributed by atoms with Crippen molar-refractivity contribution in [2.75, 3.05) is 26.7 Å². The Hall–Kier alpha value is -0.120. The van der Waals surface area contributed by atoms with Crippen LogP contribution in [-0.4, -0.2) is 48.8 Å². The van der Waals surface area contributed by atoms with Gasteiger partial charge in [0.05, 0.1) is 6.10 Å². The van der Waals surface area contributed by atoms with Crippen molar-refractivity contribution < 1.29 is 5.11 Å². The first-order chi connectivity index (χ1) is 6.20. The van der Waals surface area contributed by atoms with Crippen LogP contribution in [0.25, 0.3) is 0 Å². The van der Waals surface area contributed by atoms with E-state index in [1.165, 1.54) is 25.8 Å². The van der Waals surface area contributed by atoms with Crippen LogP contribution in [0, 0.1) is 0 Å². The van der Waals surface area contributed by atoms with Gasteiger partial charge in [-0.25, -0.2) is 0 Å². The fourth-order valence-electron chi connectivity index (χ4n) is 1.86. The molecule has 2 N–H and O–H groups in total. The topological polar surface area (TPSA) is 35.5 Å². The van der Waals surface area contributed by atoms with E-state index < -0.39 is 0 Å². The van der Waals surface area contributed by atoms with Crippen molar-refractivity contribution in [3.05, 3.63) is 0 Å². The van der Waals surface area contributed by atoms with Crippen molar-refractivity contribution in [1.82, 2.24) is 10.2 Å². The highest BCUT2D eigenvalue weighted by molar-refractivity contribution is 4.76. The van der Waals surface area contributed by atoms with E-state index in [1.54, 1.807) is 0 Å². The summed E-state index contributed by atoms with van der Waals surface area (Å²) in [5, 5.41) is 12.4. The smallest absolute Gasteiger partial charge is 0.0636 e. The predicted molar refractivity (Wildman–Crippen MR) is 54.8 cm³/mol. The zero-order valence-electron chi connectivity index (χ0n) is 8.79. The van der Waals surface area contributed by atoms with Crippen molar-refractivity contribution >= 4 is 0 Å². The predicted octanol–water partition coefficient (Wildman–Crippen LogP) is 0.441. The highest BCUT2D eigenvalue weighted by Gasteiger charge is 2.17. The van der Waals surface area contributed by atoms with E-state index in [2.05, 4.69) is 17.3 Å². The SMILES string of the molecule is C[C@H](O)CNCC1CCCCN1C.